The van der Waals surface area contributed by atoms with Gasteiger partial charge in [-0.05, 0) is 19.4 Å². The second-order valence-corrected chi connectivity index (χ2v) is 6.40. The zero-order chi connectivity index (χ0) is 14.7. The van der Waals surface area contributed by atoms with Crippen LogP contribution >= 0.6 is 12.4 Å². The van der Waals surface area contributed by atoms with E-state index in [9.17, 15) is 0 Å². The van der Waals surface area contributed by atoms with E-state index in [4.69, 9.17) is 10.3 Å². The van der Waals surface area contributed by atoms with E-state index in [0.29, 0.717) is 5.82 Å². The standard InChI is InChI=1S/C15H27N5O.ClH/c1-2-19-9-11-20(12-10-19)8-5-13-17-14(18-21-13)15(16)6-3-4-7-15;/h2-12,16H2,1H3;1H. The summed E-state index contributed by atoms with van der Waals surface area (Å²) < 4.78 is 5.40. The summed E-state index contributed by atoms with van der Waals surface area (Å²) >= 11 is 0. The average Bonchev–Trinajstić information content (AvgIpc) is 3.15. The summed E-state index contributed by atoms with van der Waals surface area (Å²) in [6.07, 6.45) is 5.12. The quantitative estimate of drug-likeness (QED) is 0.880. The first kappa shape index (κ1) is 17.7. The number of aromatic nitrogens is 2. The second-order valence-electron chi connectivity index (χ2n) is 6.40. The van der Waals surface area contributed by atoms with E-state index in [-0.39, 0.29) is 17.9 Å². The molecule has 1 saturated carbocycles. The summed E-state index contributed by atoms with van der Waals surface area (Å²) in [6, 6.07) is 0. The maximum Gasteiger partial charge on any atom is 0.228 e. The van der Waals surface area contributed by atoms with Crippen molar-refractivity contribution in [2.24, 2.45) is 5.73 Å². The van der Waals surface area contributed by atoms with Crippen LogP contribution in [0.2, 0.25) is 0 Å². The number of nitrogens with zero attached hydrogens (tertiary/aromatic N) is 4. The third-order valence-corrected chi connectivity index (χ3v) is 4.96. The molecule has 1 aromatic heterocycles. The molecule has 3 rings (SSSR count). The molecule has 2 heterocycles. The summed E-state index contributed by atoms with van der Waals surface area (Å²) in [5.41, 5.74) is 6.02. The largest absolute Gasteiger partial charge is 0.339 e. The van der Waals surface area contributed by atoms with E-state index in [1.807, 2.05) is 0 Å². The molecule has 2 N–H and O–H groups in total. The van der Waals surface area contributed by atoms with Crippen LogP contribution in [0.25, 0.3) is 0 Å². The molecule has 0 radical (unpaired) electrons. The van der Waals surface area contributed by atoms with E-state index in [0.717, 1.165) is 64.4 Å². The fourth-order valence-electron chi connectivity index (χ4n) is 3.37. The molecule has 0 unspecified atom stereocenters. The topological polar surface area (TPSA) is 71.4 Å². The van der Waals surface area contributed by atoms with Gasteiger partial charge in [0, 0.05) is 39.1 Å². The minimum Gasteiger partial charge on any atom is -0.339 e. The molecule has 126 valence electrons. The van der Waals surface area contributed by atoms with Gasteiger partial charge in [-0.15, -0.1) is 12.4 Å². The molecule has 0 amide bonds. The first-order valence-corrected chi connectivity index (χ1v) is 8.26. The van der Waals surface area contributed by atoms with E-state index in [2.05, 4.69) is 26.9 Å². The highest BCUT2D eigenvalue weighted by Gasteiger charge is 2.35. The molecule has 7 heteroatoms. The second kappa shape index (κ2) is 7.73. The number of nitrogens with two attached hydrogens (primary N) is 1. The van der Waals surface area contributed by atoms with Crippen LogP contribution < -0.4 is 5.73 Å². The van der Waals surface area contributed by atoms with Crippen LogP contribution in [0.4, 0.5) is 0 Å². The van der Waals surface area contributed by atoms with Crippen molar-refractivity contribution in [1.82, 2.24) is 19.9 Å². The number of halogens is 1. The lowest BCUT2D eigenvalue weighted by Crippen LogP contribution is -2.46. The van der Waals surface area contributed by atoms with Gasteiger partial charge in [0.2, 0.25) is 5.89 Å². The van der Waals surface area contributed by atoms with Crippen molar-refractivity contribution >= 4 is 12.4 Å². The normalized spacial score (nSPS) is 22.6. The Hall–Kier alpha value is -0.690. The summed E-state index contributed by atoms with van der Waals surface area (Å²) in [7, 11) is 0. The fraction of sp³-hybridized carbons (Fsp3) is 0.867. The zero-order valence-electron chi connectivity index (χ0n) is 13.5. The van der Waals surface area contributed by atoms with Crippen molar-refractivity contribution in [3.63, 3.8) is 0 Å². The number of hydrogen-bond acceptors (Lipinski definition) is 6. The van der Waals surface area contributed by atoms with Crippen molar-refractivity contribution < 1.29 is 4.52 Å². The van der Waals surface area contributed by atoms with Gasteiger partial charge < -0.3 is 20.1 Å². The van der Waals surface area contributed by atoms with E-state index < -0.39 is 0 Å². The van der Waals surface area contributed by atoms with Crippen LogP contribution in [0.1, 0.15) is 44.3 Å². The Bertz CT molecular complexity index is 453. The van der Waals surface area contributed by atoms with Crippen LogP contribution in [0.3, 0.4) is 0 Å². The lowest BCUT2D eigenvalue weighted by atomic mass is 9.99. The maximum absolute atomic E-state index is 6.36. The molecule has 1 saturated heterocycles. The molecule has 6 nitrogen and oxygen atoms in total. The SMILES string of the molecule is CCN1CCN(CCc2nc(C3(N)CCCC3)no2)CC1.Cl. The number of likely N-dealkylation sites (N-methyl/N-ethyl adjacent to an activating group) is 1. The fourth-order valence-corrected chi connectivity index (χ4v) is 3.37. The Morgan fingerprint density at radius 3 is 2.41 bits per heavy atom. The van der Waals surface area contributed by atoms with Crippen molar-refractivity contribution in [2.45, 2.75) is 44.6 Å². The molecule has 0 bridgehead atoms. The van der Waals surface area contributed by atoms with Gasteiger partial charge in [0.25, 0.3) is 0 Å². The minimum absolute atomic E-state index is 0. The van der Waals surface area contributed by atoms with Gasteiger partial charge in [0.1, 0.15) is 0 Å². The Labute approximate surface area is 138 Å². The molecular weight excluding hydrogens is 302 g/mol. The van der Waals surface area contributed by atoms with E-state index in [1.54, 1.807) is 0 Å². The van der Waals surface area contributed by atoms with Crippen molar-refractivity contribution in [2.75, 3.05) is 39.3 Å². The smallest absolute Gasteiger partial charge is 0.228 e. The first-order valence-electron chi connectivity index (χ1n) is 8.26. The molecule has 22 heavy (non-hydrogen) atoms. The predicted molar refractivity (Wildman–Crippen MR) is 88.1 cm³/mol. The van der Waals surface area contributed by atoms with Crippen LogP contribution in [0.5, 0.6) is 0 Å². The third kappa shape index (κ3) is 3.98. The average molecular weight is 330 g/mol. The molecule has 1 aliphatic heterocycles. The summed E-state index contributed by atoms with van der Waals surface area (Å²) in [5.74, 6) is 1.45. The Balaban J connectivity index is 0.00000176. The van der Waals surface area contributed by atoms with Gasteiger partial charge in [-0.3, -0.25) is 0 Å². The van der Waals surface area contributed by atoms with Crippen molar-refractivity contribution in [3.8, 4) is 0 Å². The highest BCUT2D eigenvalue weighted by Crippen LogP contribution is 2.34. The first-order chi connectivity index (χ1) is 10.2. The lowest BCUT2D eigenvalue weighted by molar-refractivity contribution is 0.136. The molecular formula is C15H28ClN5O. The van der Waals surface area contributed by atoms with Crippen molar-refractivity contribution in [1.29, 1.82) is 0 Å². The Morgan fingerprint density at radius 1 is 1.14 bits per heavy atom. The highest BCUT2D eigenvalue weighted by molar-refractivity contribution is 5.85. The van der Waals surface area contributed by atoms with E-state index >= 15 is 0 Å². The summed E-state index contributed by atoms with van der Waals surface area (Å²) in [5, 5.41) is 4.12. The summed E-state index contributed by atoms with van der Waals surface area (Å²) in [4.78, 5) is 9.50. The number of piperazine rings is 1. The lowest BCUT2D eigenvalue weighted by Gasteiger charge is -2.33. The maximum atomic E-state index is 6.36. The molecule has 0 atom stereocenters. The number of rotatable bonds is 5. The van der Waals surface area contributed by atoms with Crippen molar-refractivity contribution in [3.05, 3.63) is 11.7 Å². The van der Waals surface area contributed by atoms with Gasteiger partial charge in [-0.1, -0.05) is 24.9 Å². The molecule has 2 aliphatic rings. The monoisotopic (exact) mass is 329 g/mol. The van der Waals surface area contributed by atoms with Gasteiger partial charge >= 0.3 is 0 Å². The van der Waals surface area contributed by atoms with Gasteiger partial charge in [-0.25, -0.2) is 0 Å². The van der Waals surface area contributed by atoms with Crippen LogP contribution in [0, 0.1) is 0 Å². The van der Waals surface area contributed by atoms with Gasteiger partial charge in [0.15, 0.2) is 5.82 Å². The van der Waals surface area contributed by atoms with Crippen LogP contribution in [0.15, 0.2) is 4.52 Å². The zero-order valence-corrected chi connectivity index (χ0v) is 14.3. The molecule has 2 fully saturated rings. The highest BCUT2D eigenvalue weighted by atomic mass is 35.5. The Morgan fingerprint density at radius 2 is 1.77 bits per heavy atom. The van der Waals surface area contributed by atoms with Crippen LogP contribution in [-0.2, 0) is 12.0 Å². The molecule has 0 spiro atoms. The van der Waals surface area contributed by atoms with Gasteiger partial charge in [-0.2, -0.15) is 4.98 Å². The molecule has 1 aliphatic carbocycles. The van der Waals surface area contributed by atoms with E-state index in [1.165, 1.54) is 12.8 Å². The van der Waals surface area contributed by atoms with Crippen LogP contribution in [-0.4, -0.2) is 59.2 Å². The number of hydrogen-bond donors (Lipinski definition) is 1. The third-order valence-electron chi connectivity index (χ3n) is 4.96. The molecule has 0 aromatic carbocycles. The summed E-state index contributed by atoms with van der Waals surface area (Å²) in [6.45, 7) is 8.97. The Kier molecular flexibility index (Phi) is 6.20. The van der Waals surface area contributed by atoms with Gasteiger partial charge in [0.05, 0.1) is 5.54 Å². The minimum atomic E-state index is -0.339. The molecule has 1 aromatic rings. The predicted octanol–water partition coefficient (Wildman–Crippen LogP) is 1.40.